The van der Waals surface area contributed by atoms with E-state index in [1.165, 1.54) is 29.5 Å². The summed E-state index contributed by atoms with van der Waals surface area (Å²) in [7, 11) is 6.02. The van der Waals surface area contributed by atoms with Crippen molar-refractivity contribution in [2.45, 2.75) is 56.8 Å². The molecule has 0 amide bonds. The van der Waals surface area contributed by atoms with Crippen LogP contribution in [-0.4, -0.2) is 37.6 Å². The van der Waals surface area contributed by atoms with Crippen molar-refractivity contribution in [2.75, 3.05) is 21.1 Å². The van der Waals surface area contributed by atoms with Crippen molar-refractivity contribution >= 4 is 29.9 Å². The molecule has 0 aromatic heterocycles. The summed E-state index contributed by atoms with van der Waals surface area (Å²) in [6, 6.07) is 17.4. The molecule has 0 bridgehead atoms. The van der Waals surface area contributed by atoms with E-state index in [9.17, 15) is 0 Å². The molecule has 0 radical (unpaired) electrons. The average molecular weight is 534 g/mol. The molecule has 6 heteroatoms. The molecule has 2 aromatic rings. The van der Waals surface area contributed by atoms with E-state index in [2.05, 4.69) is 83.2 Å². The van der Waals surface area contributed by atoms with Gasteiger partial charge in [0.1, 0.15) is 11.4 Å². The molecule has 2 aromatic carbocycles. The molecule has 1 aliphatic carbocycles. The standard InChI is InChI=1S/C25H34N4O.HI/c1-26-24(27-17-19-10-12-20(13-11-19)18-29(2)3)28-22-16-25(14-6-7-15-25)30-23-9-5-4-8-21(22)23;/h4-5,8-13,22H,6-7,14-18H2,1-3H3,(H2,26,27,28);1H. The topological polar surface area (TPSA) is 48.9 Å². The second-order valence-corrected chi connectivity index (χ2v) is 8.91. The van der Waals surface area contributed by atoms with Crippen molar-refractivity contribution in [1.29, 1.82) is 0 Å². The summed E-state index contributed by atoms with van der Waals surface area (Å²) in [5, 5.41) is 7.16. The summed E-state index contributed by atoms with van der Waals surface area (Å²) in [6.07, 6.45) is 5.79. The Bertz CT molecular complexity index is 875. The number of hydrogen-bond donors (Lipinski definition) is 2. The maximum absolute atomic E-state index is 6.49. The van der Waals surface area contributed by atoms with Crippen LogP contribution in [0.5, 0.6) is 5.75 Å². The van der Waals surface area contributed by atoms with Crippen molar-refractivity contribution < 1.29 is 4.74 Å². The molecule has 1 aliphatic heterocycles. The minimum Gasteiger partial charge on any atom is -0.487 e. The molecule has 1 saturated carbocycles. The number of hydrogen-bond acceptors (Lipinski definition) is 3. The van der Waals surface area contributed by atoms with Gasteiger partial charge in [-0.2, -0.15) is 0 Å². The number of halogens is 1. The van der Waals surface area contributed by atoms with Crippen LogP contribution in [0.25, 0.3) is 0 Å². The number of nitrogens with one attached hydrogen (secondary N) is 2. The summed E-state index contributed by atoms with van der Waals surface area (Å²) >= 11 is 0. The molecule has 1 fully saturated rings. The van der Waals surface area contributed by atoms with Gasteiger partial charge in [-0.3, -0.25) is 4.99 Å². The zero-order valence-corrected chi connectivity index (χ0v) is 21.2. The molecule has 1 unspecified atom stereocenters. The number of guanidine groups is 1. The van der Waals surface area contributed by atoms with Crippen LogP contribution < -0.4 is 15.4 Å². The number of nitrogens with zero attached hydrogens (tertiary/aromatic N) is 2. The number of para-hydroxylation sites is 1. The van der Waals surface area contributed by atoms with Gasteiger partial charge in [-0.25, -0.2) is 0 Å². The third kappa shape index (κ3) is 5.92. The summed E-state index contributed by atoms with van der Waals surface area (Å²) < 4.78 is 6.49. The second kappa shape index (κ2) is 10.7. The highest BCUT2D eigenvalue weighted by atomic mass is 127. The molecule has 1 atom stereocenters. The zero-order chi connectivity index (χ0) is 21.0. The van der Waals surface area contributed by atoms with E-state index in [0.717, 1.165) is 44.1 Å². The molecule has 1 spiro atoms. The van der Waals surface area contributed by atoms with Crippen LogP contribution in [0, 0.1) is 0 Å². The highest BCUT2D eigenvalue weighted by Gasteiger charge is 2.43. The van der Waals surface area contributed by atoms with Gasteiger partial charge < -0.3 is 20.3 Å². The van der Waals surface area contributed by atoms with Gasteiger partial charge in [0.25, 0.3) is 0 Å². The fourth-order valence-corrected chi connectivity index (χ4v) is 4.75. The zero-order valence-electron chi connectivity index (χ0n) is 18.9. The van der Waals surface area contributed by atoms with Crippen molar-refractivity contribution in [3.05, 3.63) is 65.2 Å². The maximum atomic E-state index is 6.49. The molecule has 168 valence electrons. The van der Waals surface area contributed by atoms with E-state index in [-0.39, 0.29) is 35.6 Å². The molecule has 31 heavy (non-hydrogen) atoms. The average Bonchev–Trinajstić information content (AvgIpc) is 3.19. The molecule has 1 heterocycles. The highest BCUT2D eigenvalue weighted by Crippen LogP contribution is 2.46. The minimum atomic E-state index is -0.0207. The van der Waals surface area contributed by atoms with Crippen LogP contribution in [0.3, 0.4) is 0 Å². The molecule has 2 N–H and O–H groups in total. The largest absolute Gasteiger partial charge is 0.487 e. The fraction of sp³-hybridized carbons (Fsp3) is 0.480. The van der Waals surface area contributed by atoms with Crippen LogP contribution >= 0.6 is 24.0 Å². The van der Waals surface area contributed by atoms with E-state index in [4.69, 9.17) is 4.74 Å². The molecular formula is C25H35IN4O. The lowest BCUT2D eigenvalue weighted by Crippen LogP contribution is -2.46. The maximum Gasteiger partial charge on any atom is 0.191 e. The van der Waals surface area contributed by atoms with Crippen molar-refractivity contribution in [3.63, 3.8) is 0 Å². The first-order valence-electron chi connectivity index (χ1n) is 11.0. The predicted molar refractivity (Wildman–Crippen MR) is 138 cm³/mol. The van der Waals surface area contributed by atoms with Gasteiger partial charge in [-0.05, 0) is 57.0 Å². The fourth-order valence-electron chi connectivity index (χ4n) is 4.75. The molecular weight excluding hydrogens is 499 g/mol. The third-order valence-electron chi connectivity index (χ3n) is 6.23. The lowest BCUT2D eigenvalue weighted by molar-refractivity contribution is 0.0396. The normalized spacial score (nSPS) is 19.5. The summed E-state index contributed by atoms with van der Waals surface area (Å²) in [4.78, 5) is 6.67. The molecule has 5 nitrogen and oxygen atoms in total. The van der Waals surface area contributed by atoms with Crippen LogP contribution in [0.4, 0.5) is 0 Å². The molecule has 2 aliphatic rings. The Balaban J connectivity index is 0.00000272. The van der Waals surface area contributed by atoms with Crippen molar-refractivity contribution in [2.24, 2.45) is 4.99 Å². The van der Waals surface area contributed by atoms with Gasteiger partial charge in [0.05, 0.1) is 6.04 Å². The predicted octanol–water partition coefficient (Wildman–Crippen LogP) is 4.87. The smallest absolute Gasteiger partial charge is 0.191 e. The van der Waals surface area contributed by atoms with E-state index in [0.29, 0.717) is 0 Å². The van der Waals surface area contributed by atoms with Gasteiger partial charge in [0, 0.05) is 32.1 Å². The Morgan fingerprint density at radius 3 is 2.42 bits per heavy atom. The molecule has 4 rings (SSSR count). The minimum absolute atomic E-state index is 0. The monoisotopic (exact) mass is 534 g/mol. The summed E-state index contributed by atoms with van der Waals surface area (Å²) in [5.74, 6) is 1.86. The Labute approximate surface area is 203 Å². The quantitative estimate of drug-likeness (QED) is 0.327. The molecule has 0 saturated heterocycles. The van der Waals surface area contributed by atoms with Gasteiger partial charge in [-0.15, -0.1) is 24.0 Å². The number of rotatable bonds is 5. The van der Waals surface area contributed by atoms with E-state index >= 15 is 0 Å². The first-order chi connectivity index (χ1) is 14.6. The Hall–Kier alpha value is -1.80. The van der Waals surface area contributed by atoms with E-state index in [1.54, 1.807) is 0 Å². The first kappa shape index (κ1) is 23.9. The Kier molecular flexibility index (Phi) is 8.22. The number of ether oxygens (including phenoxy) is 1. The summed E-state index contributed by atoms with van der Waals surface area (Å²) in [6.45, 7) is 1.71. The second-order valence-electron chi connectivity index (χ2n) is 8.91. The Morgan fingerprint density at radius 1 is 1.06 bits per heavy atom. The highest BCUT2D eigenvalue weighted by molar-refractivity contribution is 14.0. The van der Waals surface area contributed by atoms with Crippen molar-refractivity contribution in [1.82, 2.24) is 15.5 Å². The van der Waals surface area contributed by atoms with E-state index in [1.807, 2.05) is 7.05 Å². The van der Waals surface area contributed by atoms with Crippen LogP contribution in [-0.2, 0) is 13.1 Å². The van der Waals surface area contributed by atoms with Gasteiger partial charge in [0.2, 0.25) is 0 Å². The van der Waals surface area contributed by atoms with E-state index < -0.39 is 0 Å². The van der Waals surface area contributed by atoms with Gasteiger partial charge in [0.15, 0.2) is 5.96 Å². The van der Waals surface area contributed by atoms with Gasteiger partial charge >= 0.3 is 0 Å². The number of aliphatic imine (C=N–C) groups is 1. The number of fused-ring (bicyclic) bond motifs is 1. The van der Waals surface area contributed by atoms with Gasteiger partial charge in [-0.1, -0.05) is 42.5 Å². The Morgan fingerprint density at radius 2 is 1.74 bits per heavy atom. The SMILES string of the molecule is CN=C(NCc1ccc(CN(C)C)cc1)NC1CC2(CCCC2)Oc2ccccc21.I. The lowest BCUT2D eigenvalue weighted by atomic mass is 9.86. The van der Waals surface area contributed by atoms with Crippen LogP contribution in [0.1, 0.15) is 54.8 Å². The van der Waals surface area contributed by atoms with Crippen LogP contribution in [0.15, 0.2) is 53.5 Å². The third-order valence-corrected chi connectivity index (χ3v) is 6.23. The summed E-state index contributed by atoms with van der Waals surface area (Å²) in [5.41, 5.74) is 3.78. The number of benzene rings is 2. The van der Waals surface area contributed by atoms with Crippen molar-refractivity contribution in [3.8, 4) is 5.75 Å². The first-order valence-corrected chi connectivity index (χ1v) is 11.0. The lowest BCUT2D eigenvalue weighted by Gasteiger charge is -2.40. The van der Waals surface area contributed by atoms with Crippen LogP contribution in [0.2, 0.25) is 0 Å².